The molecule has 1 aliphatic carbocycles. The largest absolute Gasteiger partial charge is 0.379 e. The van der Waals surface area contributed by atoms with Gasteiger partial charge in [0, 0.05) is 30.4 Å². The Morgan fingerprint density at radius 3 is 2.52 bits per heavy atom. The number of rotatable bonds is 5. The lowest BCUT2D eigenvalue weighted by Crippen LogP contribution is -2.40. The first kappa shape index (κ1) is 22.2. The summed E-state index contributed by atoms with van der Waals surface area (Å²) in [5.74, 6) is -2.29. The van der Waals surface area contributed by atoms with E-state index in [2.05, 4.69) is 10.0 Å². The van der Waals surface area contributed by atoms with Gasteiger partial charge in [-0.15, -0.1) is 0 Å². The van der Waals surface area contributed by atoms with Crippen molar-refractivity contribution in [2.45, 2.75) is 35.8 Å². The Morgan fingerprint density at radius 1 is 1.15 bits per heavy atom. The number of nitrogens with one attached hydrogen (secondary N) is 2. The first-order chi connectivity index (χ1) is 15.7. The van der Waals surface area contributed by atoms with Gasteiger partial charge in [0.2, 0.25) is 5.91 Å². The standard InChI is InChI=1S/C22H23F2N3O5S/c23-13-2-3-18(17(24)10-13)33(30,31)26-14-11-15(20(28)27-6-8-32-9-7-27)19-16(12-14)22(4-1-5-22)21(29)25-19/h2-3,10-12,20,26,28H,1,4-9H2,(H,25,29). The van der Waals surface area contributed by atoms with E-state index < -0.39 is 38.2 Å². The van der Waals surface area contributed by atoms with Crippen molar-refractivity contribution >= 4 is 27.3 Å². The van der Waals surface area contributed by atoms with Crippen molar-refractivity contribution in [3.8, 4) is 0 Å². The number of nitrogens with zero attached hydrogens (tertiary/aromatic N) is 1. The smallest absolute Gasteiger partial charge is 0.264 e. The van der Waals surface area contributed by atoms with E-state index in [0.29, 0.717) is 62.0 Å². The molecular weight excluding hydrogens is 456 g/mol. The summed E-state index contributed by atoms with van der Waals surface area (Å²) in [5, 5.41) is 14.0. The van der Waals surface area contributed by atoms with Crippen LogP contribution in [0.3, 0.4) is 0 Å². The number of hydrogen-bond acceptors (Lipinski definition) is 6. The number of amides is 1. The predicted octanol–water partition coefficient (Wildman–Crippen LogP) is 2.46. The molecule has 33 heavy (non-hydrogen) atoms. The molecule has 0 aromatic heterocycles. The van der Waals surface area contributed by atoms with Crippen LogP contribution in [-0.4, -0.2) is 50.6 Å². The minimum absolute atomic E-state index is 0.0857. The van der Waals surface area contributed by atoms with Crippen LogP contribution in [0.25, 0.3) is 0 Å². The first-order valence-electron chi connectivity index (χ1n) is 10.7. The van der Waals surface area contributed by atoms with E-state index in [1.807, 2.05) is 0 Å². The molecule has 8 nitrogen and oxygen atoms in total. The number of sulfonamides is 1. The van der Waals surface area contributed by atoms with Crippen molar-refractivity contribution in [2.24, 2.45) is 0 Å². The second-order valence-electron chi connectivity index (χ2n) is 8.58. The lowest BCUT2D eigenvalue weighted by molar-refractivity contribution is -0.123. The average molecular weight is 480 g/mol. The molecule has 2 aliphatic heterocycles. The van der Waals surface area contributed by atoms with Gasteiger partial charge in [-0.3, -0.25) is 14.4 Å². The van der Waals surface area contributed by atoms with Gasteiger partial charge in [-0.25, -0.2) is 17.2 Å². The summed E-state index contributed by atoms with van der Waals surface area (Å²) in [5.41, 5.74) is 0.763. The first-order valence-corrected chi connectivity index (χ1v) is 12.2. The SMILES string of the molecule is O=C1Nc2c(C(O)N3CCOCC3)cc(NS(=O)(=O)c3ccc(F)cc3F)cc2C12CCC2. The Kier molecular flexibility index (Phi) is 5.39. The molecule has 2 aromatic carbocycles. The Hall–Kier alpha value is -2.60. The van der Waals surface area contributed by atoms with E-state index >= 15 is 0 Å². The summed E-state index contributed by atoms with van der Waals surface area (Å²) in [6.45, 7) is 1.80. The fourth-order valence-corrected chi connectivity index (χ4v) is 5.85. The second kappa shape index (κ2) is 8.01. The molecular formula is C22H23F2N3O5S. The molecule has 1 unspecified atom stereocenters. The molecule has 176 valence electrons. The molecule has 3 N–H and O–H groups in total. The fraction of sp³-hybridized carbons (Fsp3) is 0.409. The Morgan fingerprint density at radius 2 is 1.88 bits per heavy atom. The van der Waals surface area contributed by atoms with Crippen LogP contribution in [-0.2, 0) is 25.0 Å². The van der Waals surface area contributed by atoms with Crippen LogP contribution in [0.2, 0.25) is 0 Å². The third-order valence-corrected chi connectivity index (χ3v) is 8.08. The summed E-state index contributed by atoms with van der Waals surface area (Å²) >= 11 is 0. The Balaban J connectivity index is 1.58. The molecule has 0 bridgehead atoms. The van der Waals surface area contributed by atoms with Crippen molar-refractivity contribution < 1.29 is 31.8 Å². The lowest BCUT2D eigenvalue weighted by Gasteiger charge is -2.36. The average Bonchev–Trinajstić information content (AvgIpc) is 3.04. The molecule has 1 amide bonds. The number of hydrogen-bond donors (Lipinski definition) is 3. The van der Waals surface area contributed by atoms with Crippen LogP contribution >= 0.6 is 0 Å². The van der Waals surface area contributed by atoms with Crippen LogP contribution < -0.4 is 10.0 Å². The van der Waals surface area contributed by atoms with Gasteiger partial charge in [-0.1, -0.05) is 6.42 Å². The molecule has 3 aliphatic rings. The molecule has 2 heterocycles. The Labute approximate surface area is 189 Å². The molecule has 2 aromatic rings. The van der Waals surface area contributed by atoms with E-state index in [1.54, 1.807) is 11.0 Å². The van der Waals surface area contributed by atoms with E-state index in [-0.39, 0.29) is 11.6 Å². The zero-order valence-corrected chi connectivity index (χ0v) is 18.4. The van der Waals surface area contributed by atoms with Crippen molar-refractivity contribution in [1.82, 2.24) is 4.90 Å². The number of aliphatic hydroxyl groups is 1. The number of anilines is 2. The van der Waals surface area contributed by atoms with E-state index in [9.17, 15) is 27.1 Å². The second-order valence-corrected chi connectivity index (χ2v) is 10.2. The fourth-order valence-electron chi connectivity index (χ4n) is 4.75. The van der Waals surface area contributed by atoms with Crippen molar-refractivity contribution in [2.75, 3.05) is 36.3 Å². The zero-order chi connectivity index (χ0) is 23.4. The van der Waals surface area contributed by atoms with Gasteiger partial charge in [-0.2, -0.15) is 0 Å². The monoisotopic (exact) mass is 479 g/mol. The van der Waals surface area contributed by atoms with Gasteiger partial charge in [0.25, 0.3) is 10.0 Å². The minimum atomic E-state index is -4.40. The molecule has 1 spiro atoms. The Bertz CT molecular complexity index is 1230. The molecule has 5 rings (SSSR count). The molecule has 0 radical (unpaired) electrons. The molecule has 1 saturated carbocycles. The molecule has 1 atom stereocenters. The summed E-state index contributed by atoms with van der Waals surface area (Å²) < 4.78 is 60.9. The normalized spacial score (nSPS) is 20.8. The predicted molar refractivity (Wildman–Crippen MR) is 115 cm³/mol. The van der Waals surface area contributed by atoms with Crippen molar-refractivity contribution in [1.29, 1.82) is 0 Å². The maximum Gasteiger partial charge on any atom is 0.264 e. The van der Waals surface area contributed by atoms with E-state index in [1.165, 1.54) is 6.07 Å². The molecule has 11 heteroatoms. The maximum atomic E-state index is 14.2. The summed E-state index contributed by atoms with van der Waals surface area (Å²) in [4.78, 5) is 13.9. The molecule has 1 saturated heterocycles. The number of halogens is 2. The lowest BCUT2D eigenvalue weighted by atomic mass is 9.65. The number of aliphatic hydroxyl groups excluding tert-OH is 1. The summed E-state index contributed by atoms with van der Waals surface area (Å²) in [6, 6.07) is 5.20. The van der Waals surface area contributed by atoms with Crippen molar-refractivity contribution in [3.05, 3.63) is 53.1 Å². The van der Waals surface area contributed by atoms with Crippen LogP contribution in [0.4, 0.5) is 20.2 Å². The quantitative estimate of drug-likeness (QED) is 0.608. The number of fused-ring (bicyclic) bond motifs is 2. The topological polar surface area (TPSA) is 108 Å². The van der Waals surface area contributed by atoms with Gasteiger partial charge in [0.1, 0.15) is 22.8 Å². The third kappa shape index (κ3) is 3.68. The van der Waals surface area contributed by atoms with Gasteiger partial charge >= 0.3 is 0 Å². The van der Waals surface area contributed by atoms with Gasteiger partial charge in [0.15, 0.2) is 0 Å². The number of benzene rings is 2. The molecule has 2 fully saturated rings. The zero-order valence-electron chi connectivity index (χ0n) is 17.6. The van der Waals surface area contributed by atoms with Gasteiger partial charge in [0.05, 0.1) is 24.3 Å². The number of ether oxygens (including phenoxy) is 1. The van der Waals surface area contributed by atoms with Crippen LogP contribution in [0.5, 0.6) is 0 Å². The van der Waals surface area contributed by atoms with Gasteiger partial charge in [-0.05, 0) is 42.7 Å². The summed E-state index contributed by atoms with van der Waals surface area (Å²) in [6.07, 6.45) is 0.971. The number of morpholine rings is 1. The summed E-state index contributed by atoms with van der Waals surface area (Å²) in [7, 11) is -4.40. The maximum absolute atomic E-state index is 14.2. The van der Waals surface area contributed by atoms with Crippen LogP contribution in [0.15, 0.2) is 35.2 Å². The highest BCUT2D eigenvalue weighted by Gasteiger charge is 2.52. The highest BCUT2D eigenvalue weighted by Crippen LogP contribution is 2.53. The number of carbonyl (C=O) groups is 1. The third-order valence-electron chi connectivity index (χ3n) is 6.67. The highest BCUT2D eigenvalue weighted by atomic mass is 32.2. The van der Waals surface area contributed by atoms with E-state index in [4.69, 9.17) is 4.74 Å². The number of carbonyl (C=O) groups excluding carboxylic acids is 1. The highest BCUT2D eigenvalue weighted by molar-refractivity contribution is 7.92. The van der Waals surface area contributed by atoms with Crippen LogP contribution in [0.1, 0.15) is 36.6 Å². The van der Waals surface area contributed by atoms with Crippen molar-refractivity contribution in [3.63, 3.8) is 0 Å². The minimum Gasteiger partial charge on any atom is -0.379 e. The van der Waals surface area contributed by atoms with Crippen LogP contribution in [0, 0.1) is 11.6 Å². The van der Waals surface area contributed by atoms with E-state index in [0.717, 1.165) is 18.6 Å². The van der Waals surface area contributed by atoms with Gasteiger partial charge < -0.3 is 15.2 Å².